The smallest absolute Gasteiger partial charge is 0.441 e. The van der Waals surface area contributed by atoms with Crippen LogP contribution in [0.1, 0.15) is 11.1 Å². The summed E-state index contributed by atoms with van der Waals surface area (Å²) in [6.45, 7) is 1.72. The normalized spacial score (nSPS) is 11.3. The van der Waals surface area contributed by atoms with Gasteiger partial charge in [0.2, 0.25) is 0 Å². The van der Waals surface area contributed by atoms with E-state index in [9.17, 15) is 13.2 Å². The second kappa shape index (κ2) is 5.99. The number of hydrogen-bond acceptors (Lipinski definition) is 3. The van der Waals surface area contributed by atoms with E-state index in [0.717, 1.165) is 5.56 Å². The van der Waals surface area contributed by atoms with Gasteiger partial charge in [0.05, 0.1) is 6.61 Å². The first-order chi connectivity index (χ1) is 8.29. The van der Waals surface area contributed by atoms with Crippen LogP contribution in [0, 0.1) is 12.3 Å². The van der Waals surface area contributed by atoms with Gasteiger partial charge in [0.15, 0.2) is 0 Å². The molecule has 7 heteroatoms. The molecule has 3 N–H and O–H groups in total. The highest BCUT2D eigenvalue weighted by molar-refractivity contribution is 8.00. The minimum absolute atomic E-state index is 0.0492. The second-order valence-corrected chi connectivity index (χ2v) is 4.70. The van der Waals surface area contributed by atoms with Gasteiger partial charge in [-0.05, 0) is 30.3 Å². The van der Waals surface area contributed by atoms with Gasteiger partial charge in [-0.25, -0.2) is 0 Å². The van der Waals surface area contributed by atoms with E-state index in [0.29, 0.717) is 11.3 Å². The zero-order valence-corrected chi connectivity index (χ0v) is 10.5. The fourth-order valence-electron chi connectivity index (χ4n) is 1.23. The molecule has 0 aliphatic rings. The Kier molecular flexibility index (Phi) is 4.89. The highest BCUT2D eigenvalue weighted by Crippen LogP contribution is 2.30. The summed E-state index contributed by atoms with van der Waals surface area (Å²) in [6.07, 6.45) is 0. The number of amidine groups is 1. The summed E-state index contributed by atoms with van der Waals surface area (Å²) >= 11 is -0.123. The third-order valence-electron chi connectivity index (χ3n) is 2.11. The van der Waals surface area contributed by atoms with E-state index in [1.165, 1.54) is 0 Å². The lowest BCUT2D eigenvalue weighted by molar-refractivity contribution is -0.0329. The van der Waals surface area contributed by atoms with Crippen molar-refractivity contribution in [1.82, 2.24) is 0 Å². The van der Waals surface area contributed by atoms with E-state index in [2.05, 4.69) is 0 Å². The molecule has 100 valence electrons. The Labute approximate surface area is 107 Å². The van der Waals surface area contributed by atoms with Gasteiger partial charge in [0.25, 0.3) is 0 Å². The maximum atomic E-state index is 11.9. The zero-order chi connectivity index (χ0) is 13.8. The van der Waals surface area contributed by atoms with Crippen LogP contribution in [0.5, 0.6) is 5.75 Å². The Morgan fingerprint density at radius 3 is 2.67 bits per heavy atom. The van der Waals surface area contributed by atoms with E-state index in [1.54, 1.807) is 25.1 Å². The van der Waals surface area contributed by atoms with Gasteiger partial charge in [0, 0.05) is 11.3 Å². The first-order valence-electron chi connectivity index (χ1n) is 5.08. The molecule has 0 amide bonds. The van der Waals surface area contributed by atoms with Crippen molar-refractivity contribution < 1.29 is 17.9 Å². The Bertz CT molecular complexity index is 435. The van der Waals surface area contributed by atoms with Crippen molar-refractivity contribution in [2.75, 3.05) is 12.4 Å². The molecule has 0 heterocycles. The minimum atomic E-state index is -4.24. The van der Waals surface area contributed by atoms with E-state index >= 15 is 0 Å². The van der Waals surface area contributed by atoms with Crippen LogP contribution >= 0.6 is 11.8 Å². The van der Waals surface area contributed by atoms with Crippen LogP contribution in [0.4, 0.5) is 13.2 Å². The molecular weight excluding hydrogens is 265 g/mol. The van der Waals surface area contributed by atoms with Gasteiger partial charge in [-0.3, -0.25) is 5.41 Å². The maximum Gasteiger partial charge on any atom is 0.441 e. The molecule has 0 spiro atoms. The topological polar surface area (TPSA) is 59.1 Å². The number of nitrogens with two attached hydrogens (primary N) is 1. The highest BCUT2D eigenvalue weighted by atomic mass is 32.2. The predicted octanol–water partition coefficient (Wildman–Crippen LogP) is 2.91. The molecule has 0 bridgehead atoms. The van der Waals surface area contributed by atoms with Crippen LogP contribution in [-0.4, -0.2) is 23.7 Å². The van der Waals surface area contributed by atoms with Crippen LogP contribution in [0.25, 0.3) is 0 Å². The highest BCUT2D eigenvalue weighted by Gasteiger charge is 2.27. The summed E-state index contributed by atoms with van der Waals surface area (Å²) in [5.74, 6) is 0.169. The maximum absolute atomic E-state index is 11.9. The summed E-state index contributed by atoms with van der Waals surface area (Å²) < 4.78 is 40.9. The zero-order valence-electron chi connectivity index (χ0n) is 9.67. The van der Waals surface area contributed by atoms with E-state index in [1.807, 2.05) is 0 Å². The van der Waals surface area contributed by atoms with E-state index < -0.39 is 5.51 Å². The second-order valence-electron chi connectivity index (χ2n) is 3.54. The Morgan fingerprint density at radius 2 is 2.11 bits per heavy atom. The molecule has 0 saturated carbocycles. The van der Waals surface area contributed by atoms with Gasteiger partial charge < -0.3 is 10.5 Å². The van der Waals surface area contributed by atoms with Crippen molar-refractivity contribution in [2.45, 2.75) is 12.4 Å². The number of aryl methyl sites for hydroxylation is 1. The van der Waals surface area contributed by atoms with Crippen LogP contribution in [0.15, 0.2) is 18.2 Å². The largest absolute Gasteiger partial charge is 0.492 e. The molecule has 1 aromatic rings. The first kappa shape index (κ1) is 14.7. The Balaban J connectivity index is 2.56. The van der Waals surface area contributed by atoms with Gasteiger partial charge in [0.1, 0.15) is 11.6 Å². The molecule has 0 aromatic heterocycles. The predicted molar refractivity (Wildman–Crippen MR) is 66.2 cm³/mol. The SMILES string of the molecule is Cc1ccc(C(=N)N)cc1OCCSC(F)(F)F. The Hall–Kier alpha value is -1.37. The lowest BCUT2D eigenvalue weighted by Crippen LogP contribution is -2.12. The van der Waals surface area contributed by atoms with Gasteiger partial charge in [-0.1, -0.05) is 12.1 Å². The summed E-state index contributed by atoms with van der Waals surface area (Å²) in [4.78, 5) is 0. The average molecular weight is 278 g/mol. The fourth-order valence-corrected chi connectivity index (χ4v) is 1.63. The number of benzene rings is 1. The lowest BCUT2D eigenvalue weighted by Gasteiger charge is -2.11. The molecule has 18 heavy (non-hydrogen) atoms. The number of thioether (sulfide) groups is 1. The summed E-state index contributed by atoms with van der Waals surface area (Å²) in [7, 11) is 0. The molecular formula is C11H13F3N2OS. The molecule has 0 radical (unpaired) electrons. The van der Waals surface area contributed by atoms with Crippen molar-refractivity contribution >= 4 is 17.6 Å². The average Bonchev–Trinajstić information content (AvgIpc) is 2.24. The monoisotopic (exact) mass is 278 g/mol. The van der Waals surface area contributed by atoms with Gasteiger partial charge >= 0.3 is 5.51 Å². The first-order valence-corrected chi connectivity index (χ1v) is 6.06. The molecule has 0 saturated heterocycles. The van der Waals surface area contributed by atoms with Crippen molar-refractivity contribution in [3.63, 3.8) is 0 Å². The van der Waals surface area contributed by atoms with Crippen LogP contribution < -0.4 is 10.5 Å². The molecule has 0 fully saturated rings. The molecule has 1 rings (SSSR count). The van der Waals surface area contributed by atoms with Gasteiger partial charge in [-0.15, -0.1) is 0 Å². The van der Waals surface area contributed by atoms with Crippen molar-refractivity contribution in [2.24, 2.45) is 5.73 Å². The van der Waals surface area contributed by atoms with Crippen LogP contribution in [-0.2, 0) is 0 Å². The fraction of sp³-hybridized carbons (Fsp3) is 0.364. The molecule has 0 unspecified atom stereocenters. The minimum Gasteiger partial charge on any atom is -0.492 e. The van der Waals surface area contributed by atoms with E-state index in [-0.39, 0.29) is 30.0 Å². The molecule has 1 aromatic carbocycles. The summed E-state index contributed by atoms with van der Waals surface area (Å²) in [5.41, 5.74) is 2.36. The van der Waals surface area contributed by atoms with Gasteiger partial charge in [-0.2, -0.15) is 13.2 Å². The van der Waals surface area contributed by atoms with Crippen molar-refractivity contribution in [1.29, 1.82) is 5.41 Å². The number of nitrogens with one attached hydrogen (secondary N) is 1. The molecule has 3 nitrogen and oxygen atoms in total. The number of ether oxygens (including phenoxy) is 1. The lowest BCUT2D eigenvalue weighted by atomic mass is 10.1. The molecule has 0 atom stereocenters. The van der Waals surface area contributed by atoms with Crippen molar-refractivity contribution in [3.8, 4) is 5.75 Å². The standard InChI is InChI=1S/C11H13F3N2OS/c1-7-2-3-8(10(15)16)6-9(7)17-4-5-18-11(12,13)14/h2-3,6H,4-5H2,1H3,(H3,15,16). The Morgan fingerprint density at radius 1 is 1.44 bits per heavy atom. The number of halogens is 3. The summed E-state index contributed by atoms with van der Waals surface area (Å²) in [6, 6.07) is 4.92. The third-order valence-corrected chi connectivity index (χ3v) is 2.80. The molecule has 0 aliphatic heterocycles. The van der Waals surface area contributed by atoms with Crippen LogP contribution in [0.3, 0.4) is 0 Å². The summed E-state index contributed by atoms with van der Waals surface area (Å²) in [5, 5.41) is 7.27. The molecule has 0 aliphatic carbocycles. The number of rotatable bonds is 5. The van der Waals surface area contributed by atoms with Crippen LogP contribution in [0.2, 0.25) is 0 Å². The van der Waals surface area contributed by atoms with Crippen molar-refractivity contribution in [3.05, 3.63) is 29.3 Å². The van der Waals surface area contributed by atoms with E-state index in [4.69, 9.17) is 15.9 Å². The number of nitrogen functional groups attached to an aromatic ring is 1. The quantitative estimate of drug-likeness (QED) is 0.494. The number of hydrogen-bond donors (Lipinski definition) is 2. The number of alkyl halides is 3. The third kappa shape index (κ3) is 4.87.